The van der Waals surface area contributed by atoms with Gasteiger partial charge in [0, 0.05) is 23.9 Å². The Balaban J connectivity index is 0.000000207. The second-order valence-electron chi connectivity index (χ2n) is 5.81. The monoisotopic (exact) mass is 388 g/mol. The minimum Gasteiger partial charge on any atom is -0.360 e. The fraction of sp³-hybridized carbons (Fsp3) is 0.0909. The molecule has 7 heteroatoms. The van der Waals surface area contributed by atoms with E-state index in [1.165, 1.54) is 30.3 Å². The highest BCUT2D eigenvalue weighted by Gasteiger charge is 2.16. The normalized spacial score (nSPS) is 9.52. The van der Waals surface area contributed by atoms with Crippen molar-refractivity contribution in [1.82, 2.24) is 4.98 Å². The summed E-state index contributed by atoms with van der Waals surface area (Å²) in [6.07, 6.45) is 1.29. The highest BCUT2D eigenvalue weighted by molar-refractivity contribution is 5.96. The first-order valence-electron chi connectivity index (χ1n) is 8.40. The highest BCUT2D eigenvalue weighted by Crippen LogP contribution is 2.21. The Hall–Kier alpha value is -4.28. The van der Waals surface area contributed by atoms with Gasteiger partial charge >= 0.3 is 0 Å². The molecule has 1 N–H and O–H groups in total. The van der Waals surface area contributed by atoms with Crippen LogP contribution in [0.15, 0.2) is 60.8 Å². The molecule has 0 aliphatic carbocycles. The number of rotatable bonds is 4. The second kappa shape index (κ2) is 10.2. The summed E-state index contributed by atoms with van der Waals surface area (Å²) in [4.78, 5) is 14.3. The molecule has 0 saturated carbocycles. The molecule has 0 amide bonds. The number of halogens is 2. The van der Waals surface area contributed by atoms with Gasteiger partial charge in [-0.3, -0.25) is 4.79 Å². The van der Waals surface area contributed by atoms with E-state index in [2.05, 4.69) is 4.98 Å². The van der Waals surface area contributed by atoms with Gasteiger partial charge in [-0.05, 0) is 30.3 Å². The number of nitriles is 3. The van der Waals surface area contributed by atoms with Crippen molar-refractivity contribution in [3.05, 3.63) is 83.6 Å². The van der Waals surface area contributed by atoms with E-state index >= 15 is 0 Å². The van der Waals surface area contributed by atoms with E-state index < -0.39 is 17.5 Å². The maximum absolute atomic E-state index is 13.3. The number of carbonyl (C=O) groups excluding carboxylic acids is 1. The number of nitrogens with zero attached hydrogens (tertiary/aromatic N) is 3. The Bertz CT molecular complexity index is 1120. The molecule has 0 atom stereocenters. The summed E-state index contributed by atoms with van der Waals surface area (Å²) in [6.45, 7) is 0. The Morgan fingerprint density at radius 2 is 1.59 bits per heavy atom. The van der Waals surface area contributed by atoms with Crippen molar-refractivity contribution >= 4 is 5.78 Å². The largest absolute Gasteiger partial charge is 0.360 e. The Morgan fingerprint density at radius 3 is 2.14 bits per heavy atom. The fourth-order valence-corrected chi connectivity index (χ4v) is 2.40. The maximum Gasteiger partial charge on any atom is 0.168 e. The summed E-state index contributed by atoms with van der Waals surface area (Å²) in [5.74, 6) is -2.46. The van der Waals surface area contributed by atoms with E-state index in [0.29, 0.717) is 16.8 Å². The molecular weight excluding hydrogens is 374 g/mol. The Labute approximate surface area is 166 Å². The molecule has 29 heavy (non-hydrogen) atoms. The molecule has 3 rings (SSSR count). The first-order chi connectivity index (χ1) is 14.0. The number of benzene rings is 2. The molecule has 0 saturated heterocycles. The lowest BCUT2D eigenvalue weighted by Crippen LogP contribution is -2.07. The van der Waals surface area contributed by atoms with Crippen molar-refractivity contribution in [3.63, 3.8) is 0 Å². The van der Waals surface area contributed by atoms with Gasteiger partial charge in [0.05, 0.1) is 23.3 Å². The molecule has 3 aromatic rings. The number of hydrogen-bond donors (Lipinski definition) is 1. The van der Waals surface area contributed by atoms with Crippen LogP contribution in [0.2, 0.25) is 0 Å². The van der Waals surface area contributed by atoms with Crippen LogP contribution in [0.5, 0.6) is 0 Å². The Morgan fingerprint density at radius 1 is 0.966 bits per heavy atom. The van der Waals surface area contributed by atoms with Crippen molar-refractivity contribution < 1.29 is 13.6 Å². The van der Waals surface area contributed by atoms with Gasteiger partial charge in [0.2, 0.25) is 0 Å². The van der Waals surface area contributed by atoms with Crippen LogP contribution in [-0.4, -0.2) is 10.8 Å². The number of carbonyl (C=O) groups is 1. The zero-order chi connectivity index (χ0) is 21.2. The van der Waals surface area contributed by atoms with Crippen LogP contribution in [0, 0.1) is 51.5 Å². The molecule has 0 aliphatic rings. The van der Waals surface area contributed by atoms with E-state index in [9.17, 15) is 13.6 Å². The third-order valence-corrected chi connectivity index (χ3v) is 3.85. The van der Waals surface area contributed by atoms with Crippen LogP contribution in [0.1, 0.15) is 22.3 Å². The van der Waals surface area contributed by atoms with Crippen molar-refractivity contribution in [3.8, 4) is 29.5 Å². The lowest BCUT2D eigenvalue weighted by Gasteiger charge is -2.01. The van der Waals surface area contributed by atoms with Gasteiger partial charge < -0.3 is 4.98 Å². The quantitative estimate of drug-likeness (QED) is 0.651. The smallest absolute Gasteiger partial charge is 0.168 e. The third-order valence-electron chi connectivity index (χ3n) is 3.85. The topological polar surface area (TPSA) is 104 Å². The molecule has 0 fully saturated rings. The fourth-order valence-electron chi connectivity index (χ4n) is 2.40. The van der Waals surface area contributed by atoms with Crippen LogP contribution >= 0.6 is 0 Å². The van der Waals surface area contributed by atoms with Crippen LogP contribution in [0.4, 0.5) is 8.78 Å². The SMILES string of the molecule is N#CC(C#N)CC(=O)c1ccccc1F.N#Cc1c[nH]c(-c2ccccc2F)c1. The van der Waals surface area contributed by atoms with Gasteiger partial charge in [-0.2, -0.15) is 15.8 Å². The first-order valence-corrected chi connectivity index (χ1v) is 8.40. The lowest BCUT2D eigenvalue weighted by atomic mass is 10.0. The molecule has 0 spiro atoms. The van der Waals surface area contributed by atoms with Crippen LogP contribution in [0.25, 0.3) is 11.3 Å². The van der Waals surface area contributed by atoms with Crippen molar-refractivity contribution in [2.75, 3.05) is 0 Å². The minimum atomic E-state index is -1.02. The predicted octanol–water partition coefficient (Wildman–Crippen LogP) is 4.75. The number of aromatic amines is 1. The number of ketones is 1. The summed E-state index contributed by atoms with van der Waals surface area (Å²) >= 11 is 0. The standard InChI is InChI=1S/C11H7FN2O.C11H7FN2/c12-10-4-2-1-3-9(10)11(15)5-8(6-13)7-14;12-10-4-2-1-3-9(10)11-5-8(6-13)7-14-11/h1-4,8H,5H2;1-5,7,14H. The van der Waals surface area contributed by atoms with Gasteiger partial charge in [-0.15, -0.1) is 0 Å². The molecule has 0 bridgehead atoms. The van der Waals surface area contributed by atoms with E-state index in [1.807, 2.05) is 6.07 Å². The van der Waals surface area contributed by atoms with Crippen molar-refractivity contribution in [2.45, 2.75) is 6.42 Å². The van der Waals surface area contributed by atoms with Gasteiger partial charge in [-0.1, -0.05) is 24.3 Å². The molecule has 0 unspecified atom stereocenters. The lowest BCUT2D eigenvalue weighted by molar-refractivity contribution is 0.0973. The number of Topliss-reactive ketones (excluding diaryl/α,β-unsaturated/α-hetero) is 1. The zero-order valence-corrected chi connectivity index (χ0v) is 15.1. The Kier molecular flexibility index (Phi) is 7.36. The van der Waals surface area contributed by atoms with Crippen LogP contribution in [0.3, 0.4) is 0 Å². The molecule has 1 heterocycles. The predicted molar refractivity (Wildman–Crippen MR) is 101 cm³/mol. The second-order valence-corrected chi connectivity index (χ2v) is 5.81. The zero-order valence-electron chi connectivity index (χ0n) is 15.1. The minimum absolute atomic E-state index is 0.0759. The van der Waals surface area contributed by atoms with Gasteiger partial charge in [-0.25, -0.2) is 8.78 Å². The van der Waals surface area contributed by atoms with E-state index in [4.69, 9.17) is 15.8 Å². The number of hydrogen-bond acceptors (Lipinski definition) is 4. The van der Waals surface area contributed by atoms with E-state index in [0.717, 1.165) is 0 Å². The number of nitrogens with one attached hydrogen (secondary N) is 1. The summed E-state index contributed by atoms with van der Waals surface area (Å²) in [5.41, 5.74) is 1.53. The maximum atomic E-state index is 13.3. The molecule has 0 aliphatic heterocycles. The van der Waals surface area contributed by atoms with Crippen molar-refractivity contribution in [1.29, 1.82) is 15.8 Å². The number of aromatic nitrogens is 1. The molecule has 2 aromatic carbocycles. The average Bonchev–Trinajstić information content (AvgIpc) is 3.22. The summed E-state index contributed by atoms with van der Waals surface area (Å²) < 4.78 is 26.4. The molecular formula is C22H14F2N4O. The van der Waals surface area contributed by atoms with Gasteiger partial charge in [0.1, 0.15) is 23.6 Å². The molecule has 5 nitrogen and oxygen atoms in total. The van der Waals surface area contributed by atoms with E-state index in [1.54, 1.807) is 42.6 Å². The summed E-state index contributed by atoms with van der Waals surface area (Å²) in [7, 11) is 0. The molecule has 1 aromatic heterocycles. The summed E-state index contributed by atoms with van der Waals surface area (Å²) in [5, 5.41) is 25.5. The van der Waals surface area contributed by atoms with Gasteiger partial charge in [0.15, 0.2) is 5.78 Å². The third kappa shape index (κ3) is 5.60. The molecule has 142 valence electrons. The van der Waals surface area contributed by atoms with Crippen LogP contribution in [-0.2, 0) is 0 Å². The number of H-pyrrole nitrogens is 1. The van der Waals surface area contributed by atoms with Crippen LogP contribution < -0.4 is 0 Å². The first kappa shape index (κ1) is 21.0. The summed E-state index contributed by atoms with van der Waals surface area (Å²) in [6, 6.07) is 18.9. The average molecular weight is 388 g/mol. The highest BCUT2D eigenvalue weighted by atomic mass is 19.1. The van der Waals surface area contributed by atoms with Crippen molar-refractivity contribution in [2.24, 2.45) is 5.92 Å². The van der Waals surface area contributed by atoms with E-state index in [-0.39, 0.29) is 17.8 Å². The van der Waals surface area contributed by atoms with Gasteiger partial charge in [0.25, 0.3) is 0 Å². The molecule has 0 radical (unpaired) electrons.